The predicted molar refractivity (Wildman–Crippen MR) is 64.6 cm³/mol. The van der Waals surface area contributed by atoms with Crippen molar-refractivity contribution in [3.8, 4) is 11.8 Å². The van der Waals surface area contributed by atoms with E-state index in [1.807, 2.05) is 0 Å². The van der Waals surface area contributed by atoms with Crippen LogP contribution in [0.25, 0.3) is 0 Å². The molecule has 0 radical (unpaired) electrons. The van der Waals surface area contributed by atoms with E-state index >= 15 is 0 Å². The lowest BCUT2D eigenvalue weighted by molar-refractivity contribution is -0.126. The molecule has 1 aromatic heterocycles. The molecule has 0 bridgehead atoms. The zero-order valence-corrected chi connectivity index (χ0v) is 10.2. The van der Waals surface area contributed by atoms with E-state index in [-0.39, 0.29) is 11.8 Å². The van der Waals surface area contributed by atoms with Crippen molar-refractivity contribution in [1.29, 1.82) is 0 Å². The lowest BCUT2D eigenvalue weighted by atomic mass is 10.3. The molecule has 1 aliphatic heterocycles. The number of hydrogen-bond donors (Lipinski definition) is 0. The molecule has 1 saturated heterocycles. The summed E-state index contributed by atoms with van der Waals surface area (Å²) in [5.41, 5.74) is 0. The molecule has 1 aliphatic rings. The van der Waals surface area contributed by atoms with E-state index in [0.717, 1.165) is 0 Å². The first kappa shape index (κ1) is 12.2. The van der Waals surface area contributed by atoms with Crippen LogP contribution in [0.2, 0.25) is 0 Å². The average Bonchev–Trinajstić information content (AvgIpc) is 2.92. The summed E-state index contributed by atoms with van der Waals surface area (Å²) in [6.45, 7) is 3.68. The summed E-state index contributed by atoms with van der Waals surface area (Å²) in [5, 5.41) is 0. The van der Waals surface area contributed by atoms with Gasteiger partial charge in [-0.05, 0) is 25.0 Å². The number of hydrogen-bond acceptors (Lipinski definition) is 3. The number of carbonyl (C=O) groups is 2. The van der Waals surface area contributed by atoms with Crippen LogP contribution in [-0.4, -0.2) is 47.8 Å². The average molecular weight is 246 g/mol. The zero-order chi connectivity index (χ0) is 13.0. The van der Waals surface area contributed by atoms with Crippen molar-refractivity contribution in [2.75, 3.05) is 26.2 Å². The van der Waals surface area contributed by atoms with E-state index in [0.29, 0.717) is 31.9 Å². The van der Waals surface area contributed by atoms with Gasteiger partial charge in [-0.15, -0.1) is 0 Å². The molecule has 18 heavy (non-hydrogen) atoms. The minimum absolute atomic E-state index is 0.131. The summed E-state index contributed by atoms with van der Waals surface area (Å²) in [4.78, 5) is 26.8. The first-order chi connectivity index (χ1) is 8.72. The van der Waals surface area contributed by atoms with Crippen molar-refractivity contribution in [3.05, 3.63) is 24.2 Å². The van der Waals surface area contributed by atoms with E-state index in [4.69, 9.17) is 4.42 Å². The molecule has 0 unspecified atom stereocenters. The first-order valence-electron chi connectivity index (χ1n) is 5.77. The maximum absolute atomic E-state index is 12.0. The zero-order valence-electron chi connectivity index (χ0n) is 10.2. The van der Waals surface area contributed by atoms with Crippen molar-refractivity contribution in [2.24, 2.45) is 0 Å². The predicted octanol–water partition coefficient (Wildman–Crippen LogP) is 0.587. The Morgan fingerprint density at radius 1 is 1.22 bits per heavy atom. The van der Waals surface area contributed by atoms with Crippen LogP contribution in [0.5, 0.6) is 0 Å². The van der Waals surface area contributed by atoms with Crippen molar-refractivity contribution in [1.82, 2.24) is 9.80 Å². The molecule has 0 N–H and O–H groups in total. The number of carbonyl (C=O) groups excluding carboxylic acids is 2. The van der Waals surface area contributed by atoms with Gasteiger partial charge in [-0.2, -0.15) is 0 Å². The van der Waals surface area contributed by atoms with Crippen LogP contribution < -0.4 is 0 Å². The number of amides is 2. The Bertz CT molecular complexity index is 488. The summed E-state index contributed by atoms with van der Waals surface area (Å²) in [6.07, 6.45) is 1.48. The molecular formula is C13H14N2O3. The Labute approximate surface area is 105 Å². The Morgan fingerprint density at radius 2 is 1.89 bits per heavy atom. The third-order valence-electron chi connectivity index (χ3n) is 2.82. The second kappa shape index (κ2) is 5.41. The largest absolute Gasteiger partial charge is 0.459 e. The van der Waals surface area contributed by atoms with Gasteiger partial charge >= 0.3 is 0 Å². The highest BCUT2D eigenvalue weighted by Gasteiger charge is 2.25. The lowest BCUT2D eigenvalue weighted by Gasteiger charge is -2.33. The first-order valence-corrected chi connectivity index (χ1v) is 5.77. The number of furan rings is 1. The van der Waals surface area contributed by atoms with Gasteiger partial charge in [-0.25, -0.2) is 0 Å². The maximum Gasteiger partial charge on any atom is 0.298 e. The SMILES string of the molecule is CC#CC(=O)N1CCN(C(=O)c2ccco2)CC1. The van der Waals surface area contributed by atoms with Gasteiger partial charge in [-0.3, -0.25) is 9.59 Å². The van der Waals surface area contributed by atoms with E-state index in [1.165, 1.54) is 6.26 Å². The Morgan fingerprint density at radius 3 is 2.44 bits per heavy atom. The molecule has 0 spiro atoms. The summed E-state index contributed by atoms with van der Waals surface area (Å²) in [6, 6.07) is 3.33. The summed E-state index contributed by atoms with van der Waals surface area (Å²) >= 11 is 0. The van der Waals surface area contributed by atoms with Gasteiger partial charge in [0.05, 0.1) is 6.26 Å². The molecule has 0 saturated carbocycles. The minimum Gasteiger partial charge on any atom is -0.459 e. The molecule has 2 rings (SSSR count). The maximum atomic E-state index is 12.0. The summed E-state index contributed by atoms with van der Waals surface area (Å²) in [7, 11) is 0. The van der Waals surface area contributed by atoms with Gasteiger partial charge < -0.3 is 14.2 Å². The third kappa shape index (κ3) is 2.54. The highest BCUT2D eigenvalue weighted by molar-refractivity contribution is 5.94. The van der Waals surface area contributed by atoms with Crippen LogP contribution in [0.1, 0.15) is 17.5 Å². The van der Waals surface area contributed by atoms with Crippen molar-refractivity contribution in [2.45, 2.75) is 6.92 Å². The van der Waals surface area contributed by atoms with Crippen LogP contribution in [0.4, 0.5) is 0 Å². The number of piperazine rings is 1. The monoisotopic (exact) mass is 246 g/mol. The topological polar surface area (TPSA) is 53.8 Å². The second-order valence-corrected chi connectivity index (χ2v) is 3.94. The Kier molecular flexibility index (Phi) is 3.68. The normalized spacial score (nSPS) is 14.9. The fourth-order valence-electron chi connectivity index (χ4n) is 1.85. The minimum atomic E-state index is -0.178. The van der Waals surface area contributed by atoms with E-state index in [1.54, 1.807) is 28.9 Å². The van der Waals surface area contributed by atoms with Gasteiger partial charge in [0.25, 0.3) is 11.8 Å². The van der Waals surface area contributed by atoms with Crippen LogP contribution in [0.3, 0.4) is 0 Å². The summed E-state index contributed by atoms with van der Waals surface area (Å²) in [5.74, 6) is 5.11. The standard InChI is InChI=1S/C13H14N2O3/c1-2-4-12(16)14-6-8-15(9-7-14)13(17)11-5-3-10-18-11/h3,5,10H,6-9H2,1H3. The highest BCUT2D eigenvalue weighted by atomic mass is 16.3. The van der Waals surface area contributed by atoms with Gasteiger partial charge in [0, 0.05) is 26.2 Å². The quantitative estimate of drug-likeness (QED) is 0.681. The molecule has 2 heterocycles. The van der Waals surface area contributed by atoms with E-state index in [2.05, 4.69) is 11.8 Å². The van der Waals surface area contributed by atoms with Crippen molar-refractivity contribution in [3.63, 3.8) is 0 Å². The molecule has 5 heteroatoms. The second-order valence-electron chi connectivity index (χ2n) is 3.94. The summed E-state index contributed by atoms with van der Waals surface area (Å²) < 4.78 is 5.07. The smallest absolute Gasteiger partial charge is 0.298 e. The van der Waals surface area contributed by atoms with E-state index in [9.17, 15) is 9.59 Å². The number of rotatable bonds is 1. The fourth-order valence-corrected chi connectivity index (χ4v) is 1.85. The number of nitrogens with zero attached hydrogens (tertiary/aromatic N) is 2. The Balaban J connectivity index is 1.92. The highest BCUT2D eigenvalue weighted by Crippen LogP contribution is 2.09. The molecule has 94 valence electrons. The Hall–Kier alpha value is -2.22. The molecule has 5 nitrogen and oxygen atoms in total. The molecule has 1 fully saturated rings. The van der Waals surface area contributed by atoms with Crippen LogP contribution in [0.15, 0.2) is 22.8 Å². The van der Waals surface area contributed by atoms with Crippen LogP contribution >= 0.6 is 0 Å². The van der Waals surface area contributed by atoms with Gasteiger partial charge in [0.2, 0.25) is 0 Å². The van der Waals surface area contributed by atoms with Crippen molar-refractivity contribution >= 4 is 11.8 Å². The molecular weight excluding hydrogens is 232 g/mol. The molecule has 0 aromatic carbocycles. The van der Waals surface area contributed by atoms with Crippen LogP contribution in [-0.2, 0) is 4.79 Å². The van der Waals surface area contributed by atoms with Crippen molar-refractivity contribution < 1.29 is 14.0 Å². The molecule has 1 aromatic rings. The van der Waals surface area contributed by atoms with E-state index < -0.39 is 0 Å². The third-order valence-corrected chi connectivity index (χ3v) is 2.82. The van der Waals surface area contributed by atoms with Crippen LogP contribution in [0, 0.1) is 11.8 Å². The molecule has 0 aliphatic carbocycles. The van der Waals surface area contributed by atoms with Gasteiger partial charge in [0.15, 0.2) is 5.76 Å². The molecule has 2 amide bonds. The lowest BCUT2D eigenvalue weighted by Crippen LogP contribution is -2.50. The van der Waals surface area contributed by atoms with Gasteiger partial charge in [-0.1, -0.05) is 5.92 Å². The van der Waals surface area contributed by atoms with Gasteiger partial charge in [0.1, 0.15) is 0 Å². The fraction of sp³-hybridized carbons (Fsp3) is 0.385. The molecule has 0 atom stereocenters.